The van der Waals surface area contributed by atoms with E-state index < -0.39 is 17.7 Å². The molecule has 3 atom stereocenters. The average molecular weight is 500 g/mol. The third-order valence-corrected chi connectivity index (χ3v) is 8.09. The topological polar surface area (TPSA) is 71.6 Å². The van der Waals surface area contributed by atoms with Crippen LogP contribution in [0, 0.1) is 0 Å². The Kier molecular flexibility index (Phi) is 7.41. The zero-order valence-electron chi connectivity index (χ0n) is 22.0. The van der Waals surface area contributed by atoms with Crippen LogP contribution in [0.25, 0.3) is 0 Å². The standard InChI is InChI=1S/C28H41N3O5/c1-27(2,3)36-26(33)31(21-10-5-4-6-11-21)25(32)24(23-12-7-17-35-23)30-16-9-14-28(30)13-8-15-29(20-28)22-18-34-19-22/h4-6,10-11,22-24H,7-9,12-20H2,1-3H3/t23-,24-,28-/m0/s1. The summed E-state index contributed by atoms with van der Waals surface area (Å²) >= 11 is 0. The number of anilines is 1. The summed E-state index contributed by atoms with van der Waals surface area (Å²) in [6.07, 6.45) is 5.16. The molecule has 0 aromatic heterocycles. The molecule has 0 aliphatic carbocycles. The Morgan fingerprint density at radius 2 is 1.81 bits per heavy atom. The highest BCUT2D eigenvalue weighted by molar-refractivity contribution is 6.14. The molecule has 0 saturated carbocycles. The van der Waals surface area contributed by atoms with E-state index >= 15 is 0 Å². The summed E-state index contributed by atoms with van der Waals surface area (Å²) in [4.78, 5) is 34.2. The molecule has 2 amide bonds. The number of ether oxygens (including phenoxy) is 3. The number of benzene rings is 1. The third kappa shape index (κ3) is 5.19. The van der Waals surface area contributed by atoms with Gasteiger partial charge in [-0.05, 0) is 84.5 Å². The lowest BCUT2D eigenvalue weighted by atomic mass is 9.84. The molecule has 0 bridgehead atoms. The number of amides is 2. The van der Waals surface area contributed by atoms with Gasteiger partial charge in [0.05, 0.1) is 31.0 Å². The first-order valence-corrected chi connectivity index (χ1v) is 13.6. The molecule has 198 valence electrons. The number of likely N-dealkylation sites (tertiary alicyclic amines) is 2. The van der Waals surface area contributed by atoms with Gasteiger partial charge in [-0.3, -0.25) is 14.6 Å². The molecule has 4 fully saturated rings. The summed E-state index contributed by atoms with van der Waals surface area (Å²) in [5.41, 5.74) is -0.270. The quantitative estimate of drug-likeness (QED) is 0.610. The second-order valence-corrected chi connectivity index (χ2v) is 11.8. The molecule has 4 heterocycles. The van der Waals surface area contributed by atoms with Gasteiger partial charge in [0.15, 0.2) is 0 Å². The van der Waals surface area contributed by atoms with Crippen molar-refractivity contribution in [3.05, 3.63) is 30.3 Å². The van der Waals surface area contributed by atoms with Gasteiger partial charge in [0.25, 0.3) is 5.91 Å². The monoisotopic (exact) mass is 499 g/mol. The van der Waals surface area contributed by atoms with Crippen molar-refractivity contribution >= 4 is 17.7 Å². The fraction of sp³-hybridized carbons (Fsp3) is 0.714. The minimum absolute atomic E-state index is 0.0869. The lowest BCUT2D eigenvalue weighted by Crippen LogP contribution is -2.67. The minimum atomic E-state index is -0.715. The van der Waals surface area contributed by atoms with Crippen LogP contribution in [0.1, 0.15) is 59.3 Å². The van der Waals surface area contributed by atoms with Crippen LogP contribution in [-0.4, -0.2) is 90.6 Å². The van der Waals surface area contributed by atoms with Gasteiger partial charge < -0.3 is 14.2 Å². The van der Waals surface area contributed by atoms with Crippen LogP contribution in [0.5, 0.6) is 0 Å². The molecule has 36 heavy (non-hydrogen) atoms. The van der Waals surface area contributed by atoms with E-state index in [1.54, 1.807) is 12.1 Å². The van der Waals surface area contributed by atoms with Crippen LogP contribution in [0.2, 0.25) is 0 Å². The van der Waals surface area contributed by atoms with Gasteiger partial charge in [-0.15, -0.1) is 0 Å². The van der Waals surface area contributed by atoms with Crippen molar-refractivity contribution in [3.63, 3.8) is 0 Å². The number of nitrogens with zero attached hydrogens (tertiary/aromatic N) is 3. The van der Waals surface area contributed by atoms with Crippen LogP contribution >= 0.6 is 0 Å². The van der Waals surface area contributed by atoms with Gasteiger partial charge in [-0.2, -0.15) is 0 Å². The lowest BCUT2D eigenvalue weighted by molar-refractivity contribution is -0.136. The van der Waals surface area contributed by atoms with Crippen LogP contribution in [0.4, 0.5) is 10.5 Å². The number of carbonyl (C=O) groups is 2. The first-order chi connectivity index (χ1) is 17.3. The second-order valence-electron chi connectivity index (χ2n) is 11.8. The maximum atomic E-state index is 14.5. The van der Waals surface area contributed by atoms with E-state index in [4.69, 9.17) is 14.2 Å². The van der Waals surface area contributed by atoms with Crippen LogP contribution in [0.15, 0.2) is 30.3 Å². The predicted molar refractivity (Wildman–Crippen MR) is 137 cm³/mol. The molecule has 4 aliphatic heterocycles. The van der Waals surface area contributed by atoms with Crippen molar-refractivity contribution in [1.82, 2.24) is 9.80 Å². The summed E-state index contributed by atoms with van der Waals surface area (Å²) < 4.78 is 17.4. The predicted octanol–water partition coefficient (Wildman–Crippen LogP) is 3.83. The summed E-state index contributed by atoms with van der Waals surface area (Å²) in [5.74, 6) is -0.243. The molecule has 4 aliphatic rings. The number of rotatable bonds is 5. The Morgan fingerprint density at radius 1 is 1.08 bits per heavy atom. The Hall–Kier alpha value is -2.00. The van der Waals surface area contributed by atoms with E-state index in [0.717, 1.165) is 71.4 Å². The van der Waals surface area contributed by atoms with Crippen molar-refractivity contribution in [2.45, 2.75) is 88.6 Å². The molecule has 1 aromatic rings. The van der Waals surface area contributed by atoms with E-state index in [1.807, 2.05) is 39.0 Å². The number of para-hydroxylation sites is 1. The van der Waals surface area contributed by atoms with Gasteiger partial charge in [-0.1, -0.05) is 18.2 Å². The summed E-state index contributed by atoms with van der Waals surface area (Å²) in [6.45, 7) is 10.6. The van der Waals surface area contributed by atoms with E-state index in [-0.39, 0.29) is 17.6 Å². The molecule has 0 radical (unpaired) electrons. The molecule has 8 nitrogen and oxygen atoms in total. The highest BCUT2D eigenvalue weighted by Crippen LogP contribution is 2.42. The molecular formula is C28H41N3O5. The van der Waals surface area contributed by atoms with Gasteiger partial charge in [0, 0.05) is 18.7 Å². The van der Waals surface area contributed by atoms with Gasteiger partial charge in [0.1, 0.15) is 11.6 Å². The fourth-order valence-electron chi connectivity index (χ4n) is 6.41. The molecule has 1 aromatic carbocycles. The number of hydrogen-bond donors (Lipinski definition) is 0. The molecule has 8 heteroatoms. The van der Waals surface area contributed by atoms with Crippen molar-refractivity contribution in [2.24, 2.45) is 0 Å². The second kappa shape index (κ2) is 10.4. The number of hydrogen-bond acceptors (Lipinski definition) is 7. The van der Waals surface area contributed by atoms with Gasteiger partial charge in [0.2, 0.25) is 0 Å². The fourth-order valence-corrected chi connectivity index (χ4v) is 6.41. The Bertz CT molecular complexity index is 925. The van der Waals surface area contributed by atoms with Crippen molar-refractivity contribution < 1.29 is 23.8 Å². The highest BCUT2D eigenvalue weighted by Gasteiger charge is 2.53. The van der Waals surface area contributed by atoms with E-state index in [0.29, 0.717) is 18.3 Å². The molecule has 1 spiro atoms. The zero-order valence-corrected chi connectivity index (χ0v) is 22.0. The Morgan fingerprint density at radius 3 is 2.42 bits per heavy atom. The maximum Gasteiger partial charge on any atom is 0.421 e. The largest absolute Gasteiger partial charge is 0.443 e. The normalized spacial score (nSPS) is 28.7. The smallest absolute Gasteiger partial charge is 0.421 e. The molecule has 4 saturated heterocycles. The Labute approximate surface area is 214 Å². The van der Waals surface area contributed by atoms with Crippen LogP contribution in [0.3, 0.4) is 0 Å². The SMILES string of the molecule is CC(C)(C)OC(=O)N(C(=O)[C@H]([C@@H]1CCCO1)N1CCC[C@]12CCCN(C1COC1)C2)c1ccccc1. The van der Waals surface area contributed by atoms with Crippen molar-refractivity contribution in [1.29, 1.82) is 0 Å². The van der Waals surface area contributed by atoms with Crippen molar-refractivity contribution in [3.8, 4) is 0 Å². The van der Waals surface area contributed by atoms with Crippen molar-refractivity contribution in [2.75, 3.05) is 44.4 Å². The summed E-state index contributed by atoms with van der Waals surface area (Å²) in [6, 6.07) is 9.12. The molecule has 0 N–H and O–H groups in total. The summed E-state index contributed by atoms with van der Waals surface area (Å²) in [7, 11) is 0. The van der Waals surface area contributed by atoms with Gasteiger partial charge in [-0.25, -0.2) is 9.69 Å². The molecule has 5 rings (SSSR count). The minimum Gasteiger partial charge on any atom is -0.443 e. The lowest BCUT2D eigenvalue weighted by Gasteiger charge is -2.52. The van der Waals surface area contributed by atoms with Crippen LogP contribution in [-0.2, 0) is 19.0 Å². The summed E-state index contributed by atoms with van der Waals surface area (Å²) in [5, 5.41) is 0. The highest BCUT2D eigenvalue weighted by atomic mass is 16.6. The number of carbonyl (C=O) groups excluding carboxylic acids is 2. The number of piperidine rings is 1. The molecule has 0 unspecified atom stereocenters. The number of imide groups is 1. The average Bonchev–Trinajstić information content (AvgIpc) is 3.44. The molecular weight excluding hydrogens is 458 g/mol. The van der Waals surface area contributed by atoms with Gasteiger partial charge >= 0.3 is 6.09 Å². The van der Waals surface area contributed by atoms with Crippen LogP contribution < -0.4 is 4.90 Å². The maximum absolute atomic E-state index is 14.5. The van der Waals surface area contributed by atoms with E-state index in [1.165, 1.54) is 4.90 Å². The van der Waals surface area contributed by atoms with E-state index in [2.05, 4.69) is 9.80 Å². The zero-order chi connectivity index (χ0) is 25.3. The first kappa shape index (κ1) is 25.6. The third-order valence-electron chi connectivity index (χ3n) is 8.09. The first-order valence-electron chi connectivity index (χ1n) is 13.6. The Balaban J connectivity index is 1.49. The van der Waals surface area contributed by atoms with E-state index in [9.17, 15) is 9.59 Å².